The highest BCUT2D eigenvalue weighted by atomic mass is 14.8. The first-order chi connectivity index (χ1) is 5.77. The van der Waals surface area contributed by atoms with E-state index in [1.54, 1.807) is 12.4 Å². The number of nitrogens with zero attached hydrogens (tertiary/aromatic N) is 1. The summed E-state index contributed by atoms with van der Waals surface area (Å²) in [6.07, 6.45) is 3.59. The fourth-order valence-corrected chi connectivity index (χ4v) is 1.24. The maximum atomic E-state index is 5.73. The molecule has 2 heterocycles. The molecule has 12 heavy (non-hydrogen) atoms. The average Bonchev–Trinajstić information content (AvgIpc) is 2.46. The minimum atomic E-state index is 0.0531. The van der Waals surface area contributed by atoms with E-state index in [0.717, 1.165) is 16.6 Å². The van der Waals surface area contributed by atoms with Crippen LogP contribution in [0.2, 0.25) is 0 Å². The number of rotatable bonds is 1. The van der Waals surface area contributed by atoms with Gasteiger partial charge in [0.1, 0.15) is 0 Å². The first-order valence-corrected chi connectivity index (χ1v) is 3.95. The molecule has 0 radical (unpaired) electrons. The Hall–Kier alpha value is -1.35. The number of nitrogens with one attached hydrogen (secondary N) is 1. The van der Waals surface area contributed by atoms with Crippen LogP contribution in [0.25, 0.3) is 10.9 Å². The Bertz CT molecular complexity index is 356. The van der Waals surface area contributed by atoms with Crippen LogP contribution in [0.5, 0.6) is 0 Å². The predicted molar refractivity (Wildman–Crippen MR) is 48.7 cm³/mol. The highest BCUT2D eigenvalue weighted by Crippen LogP contribution is 2.16. The Kier molecular flexibility index (Phi) is 1.59. The predicted octanol–water partition coefficient (Wildman–Crippen LogP) is 1.58. The van der Waals surface area contributed by atoms with Crippen molar-refractivity contribution >= 4 is 10.9 Å². The van der Waals surface area contributed by atoms with Gasteiger partial charge in [-0.2, -0.15) is 0 Å². The summed E-state index contributed by atoms with van der Waals surface area (Å²) in [5, 5.41) is 1.16. The van der Waals surface area contributed by atoms with Crippen molar-refractivity contribution < 1.29 is 0 Å². The van der Waals surface area contributed by atoms with E-state index >= 15 is 0 Å². The molecule has 0 aliphatic rings. The molecular formula is C9H11N3. The lowest BCUT2D eigenvalue weighted by molar-refractivity contribution is 0.792. The van der Waals surface area contributed by atoms with Crippen LogP contribution in [-0.2, 0) is 0 Å². The number of pyridine rings is 1. The molecule has 2 aromatic heterocycles. The lowest BCUT2D eigenvalue weighted by Gasteiger charge is -1.98. The van der Waals surface area contributed by atoms with Crippen LogP contribution in [-0.4, -0.2) is 9.97 Å². The van der Waals surface area contributed by atoms with Crippen molar-refractivity contribution in [2.75, 3.05) is 0 Å². The lowest BCUT2D eigenvalue weighted by Crippen LogP contribution is -2.04. The van der Waals surface area contributed by atoms with Crippen LogP contribution >= 0.6 is 0 Å². The summed E-state index contributed by atoms with van der Waals surface area (Å²) in [7, 11) is 0. The van der Waals surface area contributed by atoms with Gasteiger partial charge in [-0.25, -0.2) is 0 Å². The van der Waals surface area contributed by atoms with Gasteiger partial charge >= 0.3 is 0 Å². The van der Waals surface area contributed by atoms with E-state index in [2.05, 4.69) is 16.0 Å². The van der Waals surface area contributed by atoms with Crippen molar-refractivity contribution in [1.29, 1.82) is 0 Å². The van der Waals surface area contributed by atoms with Gasteiger partial charge in [0.05, 0.1) is 11.7 Å². The maximum Gasteiger partial charge on any atom is 0.0642 e. The third kappa shape index (κ3) is 1.08. The Balaban J connectivity index is 2.62. The van der Waals surface area contributed by atoms with Crippen molar-refractivity contribution in [3.8, 4) is 0 Å². The zero-order chi connectivity index (χ0) is 8.55. The van der Waals surface area contributed by atoms with Crippen LogP contribution in [0, 0.1) is 0 Å². The van der Waals surface area contributed by atoms with Crippen LogP contribution in [0.3, 0.4) is 0 Å². The zero-order valence-electron chi connectivity index (χ0n) is 6.91. The van der Waals surface area contributed by atoms with Gasteiger partial charge in [0.2, 0.25) is 0 Å². The van der Waals surface area contributed by atoms with Crippen LogP contribution in [0.1, 0.15) is 18.7 Å². The first-order valence-electron chi connectivity index (χ1n) is 3.95. The molecule has 0 aliphatic carbocycles. The van der Waals surface area contributed by atoms with E-state index in [4.69, 9.17) is 5.73 Å². The highest BCUT2D eigenvalue weighted by molar-refractivity contribution is 5.79. The molecule has 0 aliphatic heterocycles. The zero-order valence-corrected chi connectivity index (χ0v) is 6.91. The largest absolute Gasteiger partial charge is 0.356 e. The summed E-state index contributed by atoms with van der Waals surface area (Å²) in [4.78, 5) is 7.22. The Labute approximate surface area is 70.6 Å². The van der Waals surface area contributed by atoms with Gasteiger partial charge in [0, 0.05) is 23.3 Å². The number of fused-ring (bicyclic) bond motifs is 1. The molecule has 1 atom stereocenters. The third-order valence-electron chi connectivity index (χ3n) is 1.94. The van der Waals surface area contributed by atoms with Crippen molar-refractivity contribution in [1.82, 2.24) is 9.97 Å². The fraction of sp³-hybridized carbons (Fsp3) is 0.222. The van der Waals surface area contributed by atoms with Crippen molar-refractivity contribution in [2.24, 2.45) is 5.73 Å². The van der Waals surface area contributed by atoms with E-state index in [1.165, 1.54) is 0 Å². The molecule has 0 fully saturated rings. The van der Waals surface area contributed by atoms with E-state index in [9.17, 15) is 0 Å². The number of hydrogen-bond donors (Lipinski definition) is 2. The van der Waals surface area contributed by atoms with Gasteiger partial charge in [0.25, 0.3) is 0 Å². The standard InChI is InChI=1S/C9H11N3/c1-6(10)8-4-7-2-3-11-5-9(7)12-8/h2-6,12H,10H2,1H3/t6-/m1/s1. The second-order valence-corrected chi connectivity index (χ2v) is 2.98. The van der Waals surface area contributed by atoms with E-state index in [0.29, 0.717) is 0 Å². The molecule has 3 N–H and O–H groups in total. The van der Waals surface area contributed by atoms with Gasteiger partial charge in [0.15, 0.2) is 0 Å². The Morgan fingerprint density at radius 1 is 1.58 bits per heavy atom. The van der Waals surface area contributed by atoms with Gasteiger partial charge in [-0.3, -0.25) is 4.98 Å². The van der Waals surface area contributed by atoms with Gasteiger partial charge < -0.3 is 10.7 Å². The summed E-state index contributed by atoms with van der Waals surface area (Å²) >= 11 is 0. The van der Waals surface area contributed by atoms with Crippen LogP contribution in [0.15, 0.2) is 24.5 Å². The number of aromatic nitrogens is 2. The fourth-order valence-electron chi connectivity index (χ4n) is 1.24. The van der Waals surface area contributed by atoms with Crippen molar-refractivity contribution in [3.63, 3.8) is 0 Å². The first kappa shape index (κ1) is 7.31. The number of H-pyrrole nitrogens is 1. The SMILES string of the molecule is C[C@@H](N)c1cc2ccncc2[nH]1. The minimum absolute atomic E-state index is 0.0531. The molecule has 2 aromatic rings. The molecule has 62 valence electrons. The summed E-state index contributed by atoms with van der Waals surface area (Å²) in [6, 6.07) is 4.08. The lowest BCUT2D eigenvalue weighted by atomic mass is 10.2. The molecular weight excluding hydrogens is 150 g/mol. The van der Waals surface area contributed by atoms with Crippen molar-refractivity contribution in [3.05, 3.63) is 30.2 Å². The highest BCUT2D eigenvalue weighted by Gasteiger charge is 2.02. The topological polar surface area (TPSA) is 54.7 Å². The van der Waals surface area contributed by atoms with Crippen LogP contribution in [0.4, 0.5) is 0 Å². The molecule has 0 spiro atoms. The Morgan fingerprint density at radius 2 is 2.42 bits per heavy atom. The quantitative estimate of drug-likeness (QED) is 0.667. The number of nitrogens with two attached hydrogens (primary N) is 1. The third-order valence-corrected chi connectivity index (χ3v) is 1.94. The smallest absolute Gasteiger partial charge is 0.0642 e. The summed E-state index contributed by atoms with van der Waals surface area (Å²) in [5.74, 6) is 0. The number of hydrogen-bond acceptors (Lipinski definition) is 2. The molecule has 0 bridgehead atoms. The van der Waals surface area contributed by atoms with Gasteiger partial charge in [-0.05, 0) is 19.1 Å². The molecule has 2 rings (SSSR count). The van der Waals surface area contributed by atoms with Gasteiger partial charge in [-0.1, -0.05) is 0 Å². The molecule has 0 saturated carbocycles. The molecule has 3 heteroatoms. The average molecular weight is 161 g/mol. The van der Waals surface area contributed by atoms with E-state index in [-0.39, 0.29) is 6.04 Å². The molecule has 0 aromatic carbocycles. The van der Waals surface area contributed by atoms with Crippen molar-refractivity contribution in [2.45, 2.75) is 13.0 Å². The monoisotopic (exact) mass is 161 g/mol. The second-order valence-electron chi connectivity index (χ2n) is 2.98. The van der Waals surface area contributed by atoms with E-state index in [1.807, 2.05) is 13.0 Å². The maximum absolute atomic E-state index is 5.73. The Morgan fingerprint density at radius 3 is 3.08 bits per heavy atom. The molecule has 0 unspecified atom stereocenters. The molecule has 3 nitrogen and oxygen atoms in total. The van der Waals surface area contributed by atoms with Crippen LogP contribution < -0.4 is 5.73 Å². The minimum Gasteiger partial charge on any atom is -0.356 e. The second kappa shape index (κ2) is 2.60. The summed E-state index contributed by atoms with van der Waals surface area (Å²) in [6.45, 7) is 1.96. The summed E-state index contributed by atoms with van der Waals surface area (Å²) in [5.41, 5.74) is 7.83. The molecule has 0 saturated heterocycles. The number of aromatic amines is 1. The molecule has 0 amide bonds. The normalized spacial score (nSPS) is 13.5. The van der Waals surface area contributed by atoms with E-state index < -0.39 is 0 Å². The van der Waals surface area contributed by atoms with Gasteiger partial charge in [-0.15, -0.1) is 0 Å². The summed E-state index contributed by atoms with van der Waals surface area (Å²) < 4.78 is 0.